The maximum absolute atomic E-state index is 14.8. The van der Waals surface area contributed by atoms with E-state index in [9.17, 15) is 251 Å². The van der Waals surface area contributed by atoms with Crippen LogP contribution in [-0.4, -0.2) is 196 Å². The van der Waals surface area contributed by atoms with Gasteiger partial charge in [-0.25, -0.2) is 14.4 Å². The van der Waals surface area contributed by atoms with E-state index in [0.717, 1.165) is 20.8 Å². The number of hydrogen-bond donors (Lipinski definition) is 0. The second-order valence-electron chi connectivity index (χ2n) is 29.1. The zero-order valence-corrected chi connectivity index (χ0v) is 72.1. The minimum absolute atomic E-state index is 0.101. The van der Waals surface area contributed by atoms with E-state index in [1.807, 2.05) is 0 Å². The first-order valence-electron chi connectivity index (χ1n) is 36.2. The highest BCUT2D eigenvalue weighted by Crippen LogP contribution is 2.62. The van der Waals surface area contributed by atoms with Crippen molar-refractivity contribution in [3.63, 3.8) is 0 Å². The molecule has 0 saturated carbocycles. The van der Waals surface area contributed by atoms with Crippen LogP contribution in [0, 0.1) is 20.8 Å². The van der Waals surface area contributed by atoms with Crippen molar-refractivity contribution < 1.29 is 266 Å². The Hall–Kier alpha value is -6.39. The van der Waals surface area contributed by atoms with Gasteiger partial charge in [-0.1, -0.05) is 36.4 Å². The van der Waals surface area contributed by atoms with Crippen molar-refractivity contribution in [1.29, 1.82) is 0 Å². The zero-order valence-electron chi connectivity index (χ0n) is 67.2. The minimum Gasteiger partial charge on any atom is -0.422 e. The van der Waals surface area contributed by atoms with Gasteiger partial charge in [-0.3, -0.25) is 0 Å². The summed E-state index contributed by atoms with van der Waals surface area (Å²) >= 11 is -1.10. The lowest BCUT2D eigenvalue weighted by Crippen LogP contribution is -2.60. The molecule has 0 aromatic heterocycles. The summed E-state index contributed by atoms with van der Waals surface area (Å²) in [6, 6.07) is 4.06. The molecule has 138 heavy (non-hydrogen) atoms. The predicted octanol–water partition coefficient (Wildman–Crippen LogP) is 30.8. The molecule has 792 valence electrons. The second-order valence-corrected chi connectivity index (χ2v) is 35.7. The van der Waals surface area contributed by atoms with Crippen molar-refractivity contribution in [2.24, 2.45) is 0 Å². The molecule has 4 aromatic rings. The van der Waals surface area contributed by atoms with E-state index in [-0.39, 0.29) is 88.8 Å². The number of ether oxygens (including phenoxy) is 3. The van der Waals surface area contributed by atoms with Gasteiger partial charge >= 0.3 is 162 Å². The molecule has 66 heteroatoms. The van der Waals surface area contributed by atoms with Crippen LogP contribution < -0.4 is 14.2 Å². The molecule has 0 aliphatic heterocycles. The van der Waals surface area contributed by atoms with Crippen LogP contribution in [0.1, 0.15) is 120 Å². The molecule has 0 N–H and O–H groups in total. The van der Waals surface area contributed by atoms with E-state index in [1.54, 1.807) is 0 Å². The van der Waals surface area contributed by atoms with Crippen LogP contribution in [0.25, 0.3) is 0 Å². The van der Waals surface area contributed by atoms with Crippen molar-refractivity contribution in [2.45, 2.75) is 237 Å². The average Bonchev–Trinajstić information content (AvgIpc) is 0.763. The number of hydrogen-bond acceptors (Lipinski definition) is 12. The molecule has 0 unspecified atom stereocenters. The highest BCUT2D eigenvalue weighted by Gasteiger charge is 2.87. The van der Waals surface area contributed by atoms with Crippen LogP contribution in [-0.2, 0) is 34.5 Å². The summed E-state index contributed by atoms with van der Waals surface area (Å²) in [5, 5.41) is 0. The molecule has 0 atom stereocenters. The summed E-state index contributed by atoms with van der Waals surface area (Å²) < 4.78 is 761. The quantitative estimate of drug-likeness (QED) is 0.0183. The fourth-order valence-corrected chi connectivity index (χ4v) is 16.7. The van der Waals surface area contributed by atoms with Gasteiger partial charge in [0.2, 0.25) is 0 Å². The summed E-state index contributed by atoms with van der Waals surface area (Å²) in [5.74, 6) is -154. The van der Waals surface area contributed by atoms with Gasteiger partial charge in [-0.05, 0) is 107 Å². The maximum Gasteiger partial charge on any atom is 0.460 e. The first-order chi connectivity index (χ1) is 61.3. The van der Waals surface area contributed by atoms with Gasteiger partial charge in [0.25, 0.3) is 0 Å². The van der Waals surface area contributed by atoms with Crippen LogP contribution in [0.2, 0.25) is 0 Å². The van der Waals surface area contributed by atoms with E-state index in [1.165, 1.54) is 0 Å². The Bertz CT molecular complexity index is 4370. The molecule has 0 saturated heterocycles. The third-order valence-corrected chi connectivity index (χ3v) is 24.8. The second kappa shape index (κ2) is 42.4. The number of halogens is 54. The Balaban J connectivity index is 2.09. The Kier molecular flexibility index (Phi) is 38.0. The molecule has 0 fully saturated rings. The van der Waals surface area contributed by atoms with Crippen molar-refractivity contribution >= 4 is 88.5 Å². The van der Waals surface area contributed by atoms with Crippen molar-refractivity contribution in [2.75, 3.05) is 34.5 Å². The maximum atomic E-state index is 14.8. The topological polar surface area (TPSA) is 78.9 Å². The summed E-state index contributed by atoms with van der Waals surface area (Å²) in [7, 11) is 0. The van der Waals surface area contributed by atoms with Crippen LogP contribution in [0.5, 0.6) is 17.2 Å². The summed E-state index contributed by atoms with van der Waals surface area (Å²) in [6.45, 7) is 2.19. The number of esters is 3. The van der Waals surface area contributed by atoms with Gasteiger partial charge in [0.15, 0.2) is 0 Å². The van der Waals surface area contributed by atoms with E-state index in [0.29, 0.717) is 36.4 Å². The van der Waals surface area contributed by atoms with Gasteiger partial charge in [0, 0.05) is 89.7 Å². The number of aryl methyl sites for hydroxylation is 3. The molecule has 4 rings (SSSR count). The molecule has 6 nitrogen and oxygen atoms in total. The largest absolute Gasteiger partial charge is 0.460 e. The molecule has 0 amide bonds. The fourth-order valence-electron chi connectivity index (χ4n) is 10.9. The van der Waals surface area contributed by atoms with Crippen molar-refractivity contribution in [3.05, 3.63) is 121 Å². The Morgan fingerprint density at radius 1 is 0.203 bits per heavy atom. The van der Waals surface area contributed by atoms with E-state index in [4.69, 9.17) is 14.2 Å². The zero-order chi connectivity index (χ0) is 108. The summed E-state index contributed by atoms with van der Waals surface area (Å²) in [5.41, 5.74) is -10.8. The normalized spacial score (nSPS) is 14.8. The van der Waals surface area contributed by atoms with E-state index >= 15 is 0 Å². The lowest BCUT2D eigenvalue weighted by atomic mass is 10.0. The smallest absolute Gasteiger partial charge is 0.422 e. The van der Waals surface area contributed by atoms with Gasteiger partial charge in [-0.15, -0.1) is 0 Å². The predicted molar refractivity (Wildman–Crippen MR) is 385 cm³/mol. The molecule has 0 radical (unpaired) electrons. The number of thioether (sulfide) groups is 6. The Morgan fingerprint density at radius 3 is 0.478 bits per heavy atom. The standard InChI is InChI=1S/C72H54F54O6S6/c1-31-16-34(25-133-10-4-49(73,74)55(85,86)61(97,98)67(109,110)111)19-40(28-136-13-7-52(79,80)58(91,92)64(103,104)70(118,119)120)43(31)130-46(127)37-22-38(47(128)131-44-32(2)17-35(26-134-11-5-50(75,76)56(87,88)62(99,100)68(112,113)114)20-41(44)29-137-14-8-53(81,82)59(93,94)65(105,106)71(121,122)123)24-39(23-37)48(129)132-45-33(3)18-36(27-135-12-6-51(77,78)57(89,90)63(101,102)69(115,116)117)21-42(45)30-138-15-9-54(83,84)60(95,96)66(107,108)72(124,125)126/h16-24H,4-15,25-30H2,1-3H3. The molecule has 4 aromatic carbocycles. The number of benzene rings is 4. The van der Waals surface area contributed by atoms with Crippen LogP contribution in [0.4, 0.5) is 237 Å². The highest BCUT2D eigenvalue weighted by atomic mass is 32.2. The van der Waals surface area contributed by atoms with Gasteiger partial charge in [0.05, 0.1) is 16.7 Å². The SMILES string of the molecule is Cc1cc(CSCCC(F)(F)C(F)(F)C(F)(F)C(F)(F)F)cc(CSCCC(F)(F)C(F)(F)C(F)(F)C(F)(F)F)c1OC(=O)c1cc(C(=O)Oc2c(C)cc(CSCCC(F)(F)C(F)(F)C(F)(F)C(F)(F)F)cc2CSCCC(F)(F)C(F)(F)C(F)(F)C(F)(F)F)cc(C(=O)Oc2c(C)cc(CSCCC(F)(F)C(F)(F)C(F)(F)C(F)(F)F)cc2CSCCC(F)(F)C(F)(F)C(F)(F)C(F)(F)F)c1. The van der Waals surface area contributed by atoms with Gasteiger partial charge < -0.3 is 14.2 Å². The fraction of sp³-hybridized carbons (Fsp3) is 0.625. The highest BCUT2D eigenvalue weighted by molar-refractivity contribution is 7.99. The van der Waals surface area contributed by atoms with Crippen LogP contribution >= 0.6 is 70.6 Å². The lowest BCUT2D eigenvalue weighted by molar-refractivity contribution is -0.396. The van der Waals surface area contributed by atoms with Crippen LogP contribution in [0.15, 0.2) is 54.6 Å². The molecule has 0 aliphatic carbocycles. The Morgan fingerprint density at radius 2 is 0.341 bits per heavy atom. The number of carbonyl (C=O) groups excluding carboxylic acids is 3. The van der Waals surface area contributed by atoms with Gasteiger partial charge in [-0.2, -0.15) is 308 Å². The minimum atomic E-state index is -7.54. The Labute approximate surface area is 762 Å². The summed E-state index contributed by atoms with van der Waals surface area (Å²) in [4.78, 5) is 44.2. The lowest BCUT2D eigenvalue weighted by Gasteiger charge is -2.33. The van der Waals surface area contributed by atoms with Crippen LogP contribution in [0.3, 0.4) is 0 Å². The monoisotopic (exact) mass is 2230 g/mol. The third kappa shape index (κ3) is 25.9. The average molecular weight is 2230 g/mol. The molecule has 0 spiro atoms. The third-order valence-electron chi connectivity index (χ3n) is 18.7. The number of alkyl halides is 54. The van der Waals surface area contributed by atoms with Gasteiger partial charge in [0.1, 0.15) is 17.2 Å². The van der Waals surface area contributed by atoms with Crippen molar-refractivity contribution in [3.8, 4) is 17.2 Å². The summed E-state index contributed by atoms with van der Waals surface area (Å²) in [6.07, 6.45) is -60.3. The molecular weight excluding hydrogens is 2180 g/mol. The number of rotatable bonds is 48. The molecule has 0 bridgehead atoms. The number of carbonyl (C=O) groups is 3. The van der Waals surface area contributed by atoms with E-state index < -0.39 is 353 Å². The van der Waals surface area contributed by atoms with E-state index in [2.05, 4.69) is 0 Å². The molecular formula is C72H54F54O6S6. The molecule has 0 heterocycles. The molecule has 0 aliphatic rings. The first-order valence-corrected chi connectivity index (χ1v) is 43.1. The first kappa shape index (κ1) is 124. The van der Waals surface area contributed by atoms with Crippen molar-refractivity contribution in [1.82, 2.24) is 0 Å².